The third-order valence-electron chi connectivity index (χ3n) is 0.775. The monoisotopic (exact) mass is 183 g/mol. The number of hydrogen-bond donors (Lipinski definition) is 2. The van der Waals surface area contributed by atoms with Gasteiger partial charge in [0.25, 0.3) is 0 Å². The van der Waals surface area contributed by atoms with E-state index in [9.17, 15) is 8.42 Å². The Morgan fingerprint density at radius 3 is 2.30 bits per heavy atom. The van der Waals surface area contributed by atoms with Crippen molar-refractivity contribution in [2.45, 2.75) is 19.9 Å². The summed E-state index contributed by atoms with van der Waals surface area (Å²) >= 11 is 3.82. The first-order valence-electron chi connectivity index (χ1n) is 3.09. The van der Waals surface area contributed by atoms with Crippen LogP contribution >= 0.6 is 12.6 Å². The smallest absolute Gasteiger partial charge is 0.212 e. The molecule has 0 unspecified atom stereocenters. The van der Waals surface area contributed by atoms with Crippen molar-refractivity contribution in [1.29, 1.82) is 0 Å². The summed E-state index contributed by atoms with van der Waals surface area (Å²) in [6.45, 7) is 3.58. The third-order valence-corrected chi connectivity index (χ3v) is 2.87. The normalized spacial score (nSPS) is 12.4. The van der Waals surface area contributed by atoms with Crippen LogP contribution < -0.4 is 4.72 Å². The molecule has 0 aromatic rings. The van der Waals surface area contributed by atoms with E-state index < -0.39 is 10.0 Å². The average molecular weight is 183 g/mol. The zero-order valence-electron chi connectivity index (χ0n) is 6.16. The van der Waals surface area contributed by atoms with E-state index in [1.54, 1.807) is 13.8 Å². The summed E-state index contributed by atoms with van der Waals surface area (Å²) in [5.74, 6) is 0.455. The van der Waals surface area contributed by atoms with Gasteiger partial charge in [0.05, 0.1) is 5.75 Å². The van der Waals surface area contributed by atoms with Crippen molar-refractivity contribution in [3.05, 3.63) is 0 Å². The molecule has 62 valence electrons. The predicted octanol–water partition coefficient (Wildman–Crippen LogP) is 0.244. The summed E-state index contributed by atoms with van der Waals surface area (Å²) in [7, 11) is -3.06. The first-order valence-corrected chi connectivity index (χ1v) is 5.37. The summed E-state index contributed by atoms with van der Waals surface area (Å²) in [5, 5.41) is 0. The molecule has 0 radical (unpaired) electrons. The maximum absolute atomic E-state index is 10.9. The van der Waals surface area contributed by atoms with Gasteiger partial charge in [0, 0.05) is 11.8 Å². The number of sulfonamides is 1. The largest absolute Gasteiger partial charge is 0.213 e. The molecule has 0 heterocycles. The fraction of sp³-hybridized carbons (Fsp3) is 1.00. The van der Waals surface area contributed by atoms with E-state index in [4.69, 9.17) is 0 Å². The van der Waals surface area contributed by atoms with Crippen molar-refractivity contribution in [2.75, 3.05) is 11.5 Å². The second-order valence-electron chi connectivity index (χ2n) is 2.32. The van der Waals surface area contributed by atoms with E-state index >= 15 is 0 Å². The average Bonchev–Trinajstić information content (AvgIpc) is 1.59. The lowest BCUT2D eigenvalue weighted by molar-refractivity contribution is 0.571. The van der Waals surface area contributed by atoms with Crippen LogP contribution in [0.3, 0.4) is 0 Å². The van der Waals surface area contributed by atoms with Gasteiger partial charge in [0.2, 0.25) is 10.0 Å². The van der Waals surface area contributed by atoms with Gasteiger partial charge in [0.15, 0.2) is 0 Å². The number of nitrogens with one attached hydrogen (secondary N) is 1. The molecule has 3 nitrogen and oxygen atoms in total. The van der Waals surface area contributed by atoms with Gasteiger partial charge in [-0.15, -0.1) is 0 Å². The van der Waals surface area contributed by atoms with Gasteiger partial charge in [-0.3, -0.25) is 0 Å². The molecule has 0 bridgehead atoms. The van der Waals surface area contributed by atoms with Crippen molar-refractivity contribution < 1.29 is 8.42 Å². The second-order valence-corrected chi connectivity index (χ2v) is 4.64. The molecule has 0 amide bonds. The van der Waals surface area contributed by atoms with Gasteiger partial charge in [-0.1, -0.05) is 0 Å². The minimum atomic E-state index is -3.06. The van der Waals surface area contributed by atoms with Gasteiger partial charge in [-0.25, -0.2) is 13.1 Å². The second kappa shape index (κ2) is 4.20. The zero-order valence-corrected chi connectivity index (χ0v) is 7.87. The molecule has 0 rings (SSSR count). The van der Waals surface area contributed by atoms with Crippen molar-refractivity contribution >= 4 is 22.7 Å². The van der Waals surface area contributed by atoms with Crippen LogP contribution in [0, 0.1) is 0 Å². The maximum atomic E-state index is 10.9. The fourth-order valence-corrected chi connectivity index (χ4v) is 2.34. The third kappa shape index (κ3) is 5.08. The molecule has 0 atom stereocenters. The SMILES string of the molecule is CC(C)NS(=O)(=O)CCS. The predicted molar refractivity (Wildman–Crippen MR) is 45.9 cm³/mol. The highest BCUT2D eigenvalue weighted by atomic mass is 32.2. The molecule has 0 aromatic carbocycles. The van der Waals surface area contributed by atoms with Crippen molar-refractivity contribution in [3.63, 3.8) is 0 Å². The van der Waals surface area contributed by atoms with Crippen LogP contribution in [0.25, 0.3) is 0 Å². The minimum absolute atomic E-state index is 0.0233. The first kappa shape index (κ1) is 10.3. The summed E-state index contributed by atoms with van der Waals surface area (Å²) in [4.78, 5) is 0. The molecule has 0 aliphatic rings. The molecule has 0 fully saturated rings. The molecular weight excluding hydrogens is 170 g/mol. The van der Waals surface area contributed by atoms with Crippen molar-refractivity contribution in [1.82, 2.24) is 4.72 Å². The van der Waals surface area contributed by atoms with Crippen LogP contribution in [-0.4, -0.2) is 26.0 Å². The summed E-state index contributed by atoms with van der Waals surface area (Å²) in [6.07, 6.45) is 0. The molecule has 1 N–H and O–H groups in total. The lowest BCUT2D eigenvalue weighted by atomic mass is 10.4. The Morgan fingerprint density at radius 2 is 2.00 bits per heavy atom. The standard InChI is InChI=1S/C5H13NO2S2/c1-5(2)6-10(7,8)4-3-9/h5-6,9H,3-4H2,1-2H3. The molecule has 5 heteroatoms. The first-order chi connectivity index (χ1) is 4.48. The van der Waals surface area contributed by atoms with Gasteiger partial charge >= 0.3 is 0 Å². The Kier molecular flexibility index (Phi) is 4.31. The lowest BCUT2D eigenvalue weighted by Crippen LogP contribution is -2.32. The van der Waals surface area contributed by atoms with Gasteiger partial charge in [-0.2, -0.15) is 12.6 Å². The number of thiol groups is 1. The zero-order chi connectivity index (χ0) is 8.20. The topological polar surface area (TPSA) is 46.2 Å². The quantitative estimate of drug-likeness (QED) is 0.613. The Bertz CT molecular complexity index is 174. The molecule has 0 saturated carbocycles. The molecule has 0 saturated heterocycles. The van der Waals surface area contributed by atoms with Crippen LogP contribution in [0.1, 0.15) is 13.8 Å². The van der Waals surface area contributed by atoms with E-state index in [-0.39, 0.29) is 11.8 Å². The van der Waals surface area contributed by atoms with Crippen molar-refractivity contribution in [2.24, 2.45) is 0 Å². The lowest BCUT2D eigenvalue weighted by Gasteiger charge is -2.06. The van der Waals surface area contributed by atoms with Gasteiger partial charge < -0.3 is 0 Å². The fourth-order valence-electron chi connectivity index (χ4n) is 0.538. The molecule has 0 spiro atoms. The van der Waals surface area contributed by atoms with Crippen LogP contribution in [-0.2, 0) is 10.0 Å². The molecule has 0 aliphatic carbocycles. The summed E-state index contributed by atoms with van der Waals surface area (Å²) < 4.78 is 24.2. The van der Waals surface area contributed by atoms with E-state index in [1.165, 1.54) is 0 Å². The molecule has 10 heavy (non-hydrogen) atoms. The Labute approximate surface area is 67.7 Å². The maximum Gasteiger partial charge on any atom is 0.212 e. The van der Waals surface area contributed by atoms with E-state index in [0.717, 1.165) is 0 Å². The Morgan fingerprint density at radius 1 is 1.50 bits per heavy atom. The van der Waals surface area contributed by atoms with Crippen LogP contribution in [0.5, 0.6) is 0 Å². The van der Waals surface area contributed by atoms with Gasteiger partial charge in [-0.05, 0) is 13.8 Å². The van der Waals surface area contributed by atoms with E-state index in [2.05, 4.69) is 17.4 Å². The molecule has 0 aliphatic heterocycles. The summed E-state index contributed by atoms with van der Waals surface area (Å²) in [5.41, 5.74) is 0. The molecular formula is C5H13NO2S2. The highest BCUT2D eigenvalue weighted by Crippen LogP contribution is 1.89. The van der Waals surface area contributed by atoms with Crippen LogP contribution in [0.15, 0.2) is 0 Å². The number of rotatable bonds is 4. The van der Waals surface area contributed by atoms with E-state index in [1.807, 2.05) is 0 Å². The minimum Gasteiger partial charge on any atom is -0.213 e. The summed E-state index contributed by atoms with van der Waals surface area (Å²) in [6, 6.07) is -0.0233. The van der Waals surface area contributed by atoms with Gasteiger partial charge in [0.1, 0.15) is 0 Å². The Balaban J connectivity index is 3.89. The van der Waals surface area contributed by atoms with Crippen LogP contribution in [0.2, 0.25) is 0 Å². The van der Waals surface area contributed by atoms with Crippen molar-refractivity contribution in [3.8, 4) is 0 Å². The molecule has 0 aromatic heterocycles. The Hall–Kier alpha value is 0.260. The van der Waals surface area contributed by atoms with E-state index in [0.29, 0.717) is 5.75 Å². The van der Waals surface area contributed by atoms with Crippen LogP contribution in [0.4, 0.5) is 0 Å². The highest BCUT2D eigenvalue weighted by molar-refractivity contribution is 7.90. The number of hydrogen-bond acceptors (Lipinski definition) is 3. The highest BCUT2D eigenvalue weighted by Gasteiger charge is 2.08.